The first-order valence-corrected chi connectivity index (χ1v) is 10.6. The summed E-state index contributed by atoms with van der Waals surface area (Å²) in [5.41, 5.74) is 2.99. The van der Waals surface area contributed by atoms with Gasteiger partial charge in [-0.15, -0.1) is 10.2 Å². The van der Waals surface area contributed by atoms with Crippen LogP contribution in [0.15, 0.2) is 77.2 Å². The second kappa shape index (κ2) is 8.40. The average molecular weight is 453 g/mol. The highest BCUT2D eigenvalue weighted by molar-refractivity contribution is 6.34. The number of amides is 2. The monoisotopic (exact) mass is 453 g/mol. The molecule has 0 saturated carbocycles. The lowest BCUT2D eigenvalue weighted by atomic mass is 10.1. The maximum atomic E-state index is 12.8. The number of aromatic nitrogens is 2. The van der Waals surface area contributed by atoms with Crippen LogP contribution in [0.5, 0.6) is 0 Å². The molecular weight excluding hydrogens is 434 g/mol. The van der Waals surface area contributed by atoms with Gasteiger partial charge in [0.05, 0.1) is 22.4 Å². The van der Waals surface area contributed by atoms with E-state index in [2.05, 4.69) is 10.2 Å². The first kappa shape index (κ1) is 21.3. The van der Waals surface area contributed by atoms with Crippen molar-refractivity contribution >= 4 is 23.5 Å². The summed E-state index contributed by atoms with van der Waals surface area (Å²) >= 11 is 0. The molecule has 3 aromatic carbocycles. The van der Waals surface area contributed by atoms with Gasteiger partial charge < -0.3 is 9.15 Å². The zero-order chi connectivity index (χ0) is 23.8. The predicted molar refractivity (Wildman–Crippen MR) is 122 cm³/mol. The van der Waals surface area contributed by atoms with E-state index in [0.717, 1.165) is 16.0 Å². The van der Waals surface area contributed by atoms with Gasteiger partial charge >= 0.3 is 5.97 Å². The minimum atomic E-state index is -0.804. The number of benzene rings is 3. The summed E-state index contributed by atoms with van der Waals surface area (Å²) in [7, 11) is 0. The van der Waals surface area contributed by atoms with Crippen LogP contribution in [-0.4, -0.2) is 28.0 Å². The number of esters is 1. The molecule has 8 nitrogen and oxygen atoms in total. The molecule has 1 aromatic heterocycles. The molecule has 1 unspecified atom stereocenters. The van der Waals surface area contributed by atoms with Gasteiger partial charge in [0.2, 0.25) is 5.89 Å². The minimum absolute atomic E-state index is 0.153. The smallest absolute Gasteiger partial charge is 0.338 e. The van der Waals surface area contributed by atoms with Crippen LogP contribution in [0.2, 0.25) is 0 Å². The number of aryl methyl sites for hydroxylation is 1. The number of imide groups is 1. The number of hydrogen-bond donors (Lipinski definition) is 0. The third-order valence-corrected chi connectivity index (χ3v) is 5.50. The van der Waals surface area contributed by atoms with E-state index >= 15 is 0 Å². The summed E-state index contributed by atoms with van der Waals surface area (Å²) in [5.74, 6) is -1.05. The van der Waals surface area contributed by atoms with Crippen LogP contribution < -0.4 is 4.90 Å². The Morgan fingerprint density at radius 3 is 2.26 bits per heavy atom. The van der Waals surface area contributed by atoms with Crippen molar-refractivity contribution in [3.8, 4) is 11.5 Å². The van der Waals surface area contributed by atoms with E-state index in [1.165, 1.54) is 6.07 Å². The molecule has 8 heteroatoms. The lowest BCUT2D eigenvalue weighted by Crippen LogP contribution is -2.29. The summed E-state index contributed by atoms with van der Waals surface area (Å²) < 4.78 is 11.2. The number of ether oxygens (including phenoxy) is 1. The molecule has 0 N–H and O–H groups in total. The van der Waals surface area contributed by atoms with Crippen molar-refractivity contribution in [2.45, 2.75) is 20.0 Å². The molecule has 0 aliphatic carbocycles. The number of carbonyl (C=O) groups is 3. The lowest BCUT2D eigenvalue weighted by Gasteiger charge is -2.15. The Labute approximate surface area is 194 Å². The molecule has 5 rings (SSSR count). The largest absolute Gasteiger partial charge is 0.449 e. The summed E-state index contributed by atoms with van der Waals surface area (Å²) in [5, 5.41) is 8.02. The van der Waals surface area contributed by atoms with Gasteiger partial charge in [-0.2, -0.15) is 0 Å². The molecule has 0 spiro atoms. The van der Waals surface area contributed by atoms with E-state index in [9.17, 15) is 14.4 Å². The van der Waals surface area contributed by atoms with Crippen LogP contribution in [0.4, 0.5) is 5.69 Å². The van der Waals surface area contributed by atoms with Crippen LogP contribution in [0, 0.1) is 6.92 Å². The van der Waals surface area contributed by atoms with Crippen LogP contribution in [0.25, 0.3) is 11.5 Å². The Hall–Kier alpha value is -4.59. The van der Waals surface area contributed by atoms with Crippen LogP contribution in [-0.2, 0) is 4.74 Å². The fourth-order valence-electron chi connectivity index (χ4n) is 3.69. The van der Waals surface area contributed by atoms with Crippen molar-refractivity contribution in [2.75, 3.05) is 4.90 Å². The van der Waals surface area contributed by atoms with Crippen LogP contribution in [0.1, 0.15) is 55.6 Å². The Bertz CT molecular complexity index is 1390. The van der Waals surface area contributed by atoms with Gasteiger partial charge in [-0.3, -0.25) is 9.59 Å². The summed E-state index contributed by atoms with van der Waals surface area (Å²) in [6.45, 7) is 3.60. The van der Waals surface area contributed by atoms with Gasteiger partial charge in [0, 0.05) is 5.56 Å². The second-order valence-electron chi connectivity index (χ2n) is 7.90. The topological polar surface area (TPSA) is 103 Å². The standard InChI is InChI=1S/C26H19N3O5/c1-15-10-12-17(13-11-15)23-28-27-22(34-23)16(2)33-26(32)18-6-5-7-19(14-18)29-24(30)20-8-3-4-9-21(20)25(29)31/h3-14,16H,1-2H3. The van der Waals surface area contributed by atoms with Crippen molar-refractivity contribution in [3.63, 3.8) is 0 Å². The van der Waals surface area contributed by atoms with Gasteiger partial charge in [-0.1, -0.05) is 35.9 Å². The molecule has 1 aliphatic rings. The fraction of sp³-hybridized carbons (Fsp3) is 0.115. The number of anilines is 1. The number of nitrogens with zero attached hydrogens (tertiary/aromatic N) is 3. The molecule has 0 radical (unpaired) electrons. The highest BCUT2D eigenvalue weighted by atomic mass is 16.6. The highest BCUT2D eigenvalue weighted by Gasteiger charge is 2.36. The van der Waals surface area contributed by atoms with E-state index in [1.54, 1.807) is 49.4 Å². The molecule has 1 atom stereocenters. The zero-order valence-corrected chi connectivity index (χ0v) is 18.4. The lowest BCUT2D eigenvalue weighted by molar-refractivity contribution is 0.0279. The first-order chi connectivity index (χ1) is 16.4. The summed E-state index contributed by atoms with van der Waals surface area (Å²) in [6.07, 6.45) is -0.804. The Morgan fingerprint density at radius 1 is 0.912 bits per heavy atom. The van der Waals surface area contributed by atoms with Crippen molar-refractivity contribution in [2.24, 2.45) is 0 Å². The van der Waals surface area contributed by atoms with Crippen molar-refractivity contribution in [1.29, 1.82) is 0 Å². The third-order valence-electron chi connectivity index (χ3n) is 5.50. The Balaban J connectivity index is 1.33. The van der Waals surface area contributed by atoms with Gasteiger partial charge in [-0.25, -0.2) is 9.69 Å². The number of hydrogen-bond acceptors (Lipinski definition) is 7. The molecule has 0 saturated heterocycles. The van der Waals surface area contributed by atoms with E-state index in [-0.39, 0.29) is 17.1 Å². The number of fused-ring (bicyclic) bond motifs is 1. The maximum Gasteiger partial charge on any atom is 0.338 e. The highest BCUT2D eigenvalue weighted by Crippen LogP contribution is 2.29. The second-order valence-corrected chi connectivity index (χ2v) is 7.90. The SMILES string of the molecule is Cc1ccc(-c2nnc(C(C)OC(=O)c3cccc(N4C(=O)c5ccccc5C4=O)c3)o2)cc1. The molecule has 34 heavy (non-hydrogen) atoms. The molecule has 4 aromatic rings. The molecular formula is C26H19N3O5. The summed E-state index contributed by atoms with van der Waals surface area (Å²) in [6, 6.07) is 20.4. The van der Waals surface area contributed by atoms with Gasteiger partial charge in [0.1, 0.15) is 0 Å². The predicted octanol–water partition coefficient (Wildman–Crippen LogP) is 4.76. The minimum Gasteiger partial charge on any atom is -0.449 e. The normalized spacial score (nSPS) is 13.6. The van der Waals surface area contributed by atoms with Gasteiger partial charge in [0.25, 0.3) is 17.7 Å². The van der Waals surface area contributed by atoms with E-state index in [4.69, 9.17) is 9.15 Å². The zero-order valence-electron chi connectivity index (χ0n) is 18.4. The molecule has 2 heterocycles. The molecule has 0 bridgehead atoms. The third kappa shape index (κ3) is 3.75. The van der Waals surface area contributed by atoms with Gasteiger partial charge in [0.15, 0.2) is 6.10 Å². The maximum absolute atomic E-state index is 12.8. The molecule has 0 fully saturated rings. The Morgan fingerprint density at radius 2 is 1.59 bits per heavy atom. The molecule has 2 amide bonds. The summed E-state index contributed by atoms with van der Waals surface area (Å²) in [4.78, 5) is 39.3. The van der Waals surface area contributed by atoms with E-state index in [1.807, 2.05) is 31.2 Å². The van der Waals surface area contributed by atoms with Crippen LogP contribution >= 0.6 is 0 Å². The van der Waals surface area contributed by atoms with Crippen molar-refractivity contribution < 1.29 is 23.5 Å². The average Bonchev–Trinajstić information content (AvgIpc) is 3.44. The fourth-order valence-corrected chi connectivity index (χ4v) is 3.69. The number of rotatable bonds is 5. The first-order valence-electron chi connectivity index (χ1n) is 10.6. The van der Waals surface area contributed by atoms with Crippen molar-refractivity contribution in [3.05, 3.63) is 101 Å². The quantitative estimate of drug-likeness (QED) is 0.317. The molecule has 1 aliphatic heterocycles. The van der Waals surface area contributed by atoms with Crippen molar-refractivity contribution in [1.82, 2.24) is 10.2 Å². The molecule has 168 valence electrons. The van der Waals surface area contributed by atoms with Gasteiger partial charge in [-0.05, 0) is 56.3 Å². The number of carbonyl (C=O) groups excluding carboxylic acids is 3. The Kier molecular flexibility index (Phi) is 5.25. The van der Waals surface area contributed by atoms with E-state index in [0.29, 0.717) is 17.0 Å². The van der Waals surface area contributed by atoms with Crippen LogP contribution in [0.3, 0.4) is 0 Å². The van der Waals surface area contributed by atoms with E-state index < -0.39 is 23.9 Å².